The van der Waals surface area contributed by atoms with Crippen molar-refractivity contribution in [2.75, 3.05) is 0 Å². The van der Waals surface area contributed by atoms with E-state index in [4.69, 9.17) is 11.6 Å². The van der Waals surface area contributed by atoms with Crippen LogP contribution in [0, 0.1) is 41.1 Å². The number of benzene rings is 3. The van der Waals surface area contributed by atoms with Crippen LogP contribution in [0.1, 0.15) is 83.3 Å². The molecular weight excluding hydrogens is 681 g/mol. The number of carbonyl (C=O) groups excluding carboxylic acids is 2. The number of hydrogen-bond donors (Lipinski definition) is 5. The number of nitrogens with one attached hydrogen (secondary N) is 3. The van der Waals surface area contributed by atoms with E-state index >= 15 is 0 Å². The molecule has 2 amide bonds. The third-order valence-electron chi connectivity index (χ3n) is 8.58. The van der Waals surface area contributed by atoms with Gasteiger partial charge < -0.3 is 25.8 Å². The van der Waals surface area contributed by atoms with Gasteiger partial charge in [-0.15, -0.1) is 0 Å². The largest absolute Gasteiger partial charge is 0.378 e. The zero-order valence-electron chi connectivity index (χ0n) is 27.5. The summed E-state index contributed by atoms with van der Waals surface area (Å²) in [7, 11) is 0. The molecule has 6 rings (SSSR count). The zero-order chi connectivity index (χ0) is 36.4. The molecular formula is C39H36ClF3N4O4. The van der Waals surface area contributed by atoms with E-state index in [0.29, 0.717) is 53.9 Å². The maximum Gasteiger partial charge on any atom is 0.269 e. The molecule has 1 heterocycles. The van der Waals surface area contributed by atoms with E-state index in [1.807, 2.05) is 0 Å². The van der Waals surface area contributed by atoms with Gasteiger partial charge in [0.05, 0.1) is 12.5 Å². The second kappa shape index (κ2) is 16.8. The van der Waals surface area contributed by atoms with Crippen molar-refractivity contribution in [3.8, 4) is 23.7 Å². The van der Waals surface area contributed by atoms with Gasteiger partial charge in [-0.2, -0.15) is 0 Å². The fourth-order valence-corrected chi connectivity index (χ4v) is 6.23. The SMILES string of the molecule is O=C(N[C@@H]1CCC[C@](O)(C#Cc2cccc(F)c2)C1)c1cnc[nH]1.O=C(N[C@H]1CCC[C@@](O)(C#Cc2cccc(Cl)c2)C1)c1ccc(F)c(F)c1. The van der Waals surface area contributed by atoms with Gasteiger partial charge >= 0.3 is 0 Å². The van der Waals surface area contributed by atoms with Crippen LogP contribution in [0.25, 0.3) is 0 Å². The maximum atomic E-state index is 13.3. The van der Waals surface area contributed by atoms with E-state index in [1.54, 1.807) is 36.4 Å². The van der Waals surface area contributed by atoms with Crippen LogP contribution >= 0.6 is 11.6 Å². The predicted octanol–water partition coefficient (Wildman–Crippen LogP) is 6.08. The molecule has 2 aliphatic carbocycles. The van der Waals surface area contributed by atoms with Gasteiger partial charge in [0.15, 0.2) is 11.6 Å². The predicted molar refractivity (Wildman–Crippen MR) is 186 cm³/mol. The molecule has 2 aliphatic rings. The Morgan fingerprint density at radius 1 is 0.804 bits per heavy atom. The Balaban J connectivity index is 0.000000199. The fraction of sp³-hybridized carbons (Fsp3) is 0.308. The first-order valence-corrected chi connectivity index (χ1v) is 16.8. The van der Waals surface area contributed by atoms with Gasteiger partial charge in [-0.1, -0.05) is 47.4 Å². The van der Waals surface area contributed by atoms with Crippen molar-refractivity contribution in [3.05, 3.63) is 124 Å². The lowest BCUT2D eigenvalue weighted by atomic mass is 9.82. The Labute approximate surface area is 298 Å². The third kappa shape index (κ3) is 11.0. The van der Waals surface area contributed by atoms with Gasteiger partial charge in [0.25, 0.3) is 11.8 Å². The molecule has 51 heavy (non-hydrogen) atoms. The second-order valence-electron chi connectivity index (χ2n) is 12.7. The molecule has 0 saturated heterocycles. The topological polar surface area (TPSA) is 127 Å². The number of amides is 2. The highest BCUT2D eigenvalue weighted by atomic mass is 35.5. The highest BCUT2D eigenvalue weighted by Gasteiger charge is 2.35. The minimum absolute atomic E-state index is 0.0352. The lowest BCUT2D eigenvalue weighted by Crippen LogP contribution is -2.45. The molecule has 5 N–H and O–H groups in total. The normalized spacial score (nSPS) is 22.5. The number of aliphatic hydroxyl groups is 2. The Bertz CT molecular complexity index is 1990. The molecule has 3 aromatic carbocycles. The summed E-state index contributed by atoms with van der Waals surface area (Å²) in [6, 6.07) is 15.5. The Kier molecular flexibility index (Phi) is 12.2. The molecule has 4 atom stereocenters. The summed E-state index contributed by atoms with van der Waals surface area (Å²) < 4.78 is 39.5. The number of carbonyl (C=O) groups is 2. The third-order valence-corrected chi connectivity index (χ3v) is 8.81. The van der Waals surface area contributed by atoms with Crippen LogP contribution in [0.2, 0.25) is 5.02 Å². The Hall–Kier alpha value is -5.07. The van der Waals surface area contributed by atoms with Crippen molar-refractivity contribution in [2.24, 2.45) is 0 Å². The van der Waals surface area contributed by atoms with Crippen molar-refractivity contribution in [2.45, 2.75) is 74.7 Å². The van der Waals surface area contributed by atoms with E-state index < -0.39 is 28.7 Å². The van der Waals surface area contributed by atoms with Crippen LogP contribution in [0.4, 0.5) is 13.2 Å². The van der Waals surface area contributed by atoms with Gasteiger partial charge in [0, 0.05) is 46.6 Å². The van der Waals surface area contributed by atoms with Crippen molar-refractivity contribution >= 4 is 23.4 Å². The quantitative estimate of drug-likeness (QED) is 0.164. The summed E-state index contributed by atoms with van der Waals surface area (Å²) in [5.41, 5.74) is -0.776. The summed E-state index contributed by atoms with van der Waals surface area (Å²) in [4.78, 5) is 30.9. The average Bonchev–Trinajstić information content (AvgIpc) is 3.64. The van der Waals surface area contributed by atoms with Crippen molar-refractivity contribution in [1.29, 1.82) is 0 Å². The molecule has 0 radical (unpaired) electrons. The number of aromatic amines is 1. The molecule has 12 heteroatoms. The lowest BCUT2D eigenvalue weighted by Gasteiger charge is -2.33. The van der Waals surface area contributed by atoms with Crippen LogP contribution < -0.4 is 10.6 Å². The lowest BCUT2D eigenvalue weighted by molar-refractivity contribution is 0.0443. The van der Waals surface area contributed by atoms with E-state index in [2.05, 4.69) is 44.3 Å². The molecule has 8 nitrogen and oxygen atoms in total. The van der Waals surface area contributed by atoms with Gasteiger partial charge in [-0.25, -0.2) is 18.2 Å². The first kappa shape index (κ1) is 37.2. The highest BCUT2D eigenvalue weighted by Crippen LogP contribution is 2.29. The van der Waals surface area contributed by atoms with Crippen LogP contribution in [-0.4, -0.2) is 55.3 Å². The van der Waals surface area contributed by atoms with E-state index in [0.717, 1.165) is 25.0 Å². The highest BCUT2D eigenvalue weighted by molar-refractivity contribution is 6.30. The number of aromatic nitrogens is 2. The number of rotatable bonds is 4. The van der Waals surface area contributed by atoms with Crippen molar-refractivity contribution in [3.63, 3.8) is 0 Å². The molecule has 0 spiro atoms. The smallest absolute Gasteiger partial charge is 0.269 e. The second-order valence-corrected chi connectivity index (χ2v) is 13.1. The zero-order valence-corrected chi connectivity index (χ0v) is 28.2. The van der Waals surface area contributed by atoms with E-state index in [-0.39, 0.29) is 35.8 Å². The summed E-state index contributed by atoms with van der Waals surface area (Å²) in [6.45, 7) is 0. The van der Waals surface area contributed by atoms with Gasteiger partial charge in [-0.05, 0) is 93.1 Å². The minimum atomic E-state index is -1.23. The van der Waals surface area contributed by atoms with E-state index in [1.165, 1.54) is 30.7 Å². The molecule has 0 aliphatic heterocycles. The first-order valence-electron chi connectivity index (χ1n) is 16.5. The molecule has 0 bridgehead atoms. The summed E-state index contributed by atoms with van der Waals surface area (Å²) in [6.07, 6.45) is 7.42. The van der Waals surface area contributed by atoms with Crippen LogP contribution in [0.3, 0.4) is 0 Å². The summed E-state index contributed by atoms with van der Waals surface area (Å²) in [5, 5.41) is 27.7. The van der Waals surface area contributed by atoms with Gasteiger partial charge in [-0.3, -0.25) is 9.59 Å². The van der Waals surface area contributed by atoms with Gasteiger partial charge in [0.1, 0.15) is 22.7 Å². The van der Waals surface area contributed by atoms with Crippen LogP contribution in [0.5, 0.6) is 0 Å². The Morgan fingerprint density at radius 2 is 1.41 bits per heavy atom. The van der Waals surface area contributed by atoms with Gasteiger partial charge in [0.2, 0.25) is 0 Å². The molecule has 4 aromatic rings. The van der Waals surface area contributed by atoms with Crippen LogP contribution in [-0.2, 0) is 0 Å². The van der Waals surface area contributed by atoms with Crippen LogP contribution in [0.15, 0.2) is 79.3 Å². The number of nitrogens with zero attached hydrogens (tertiary/aromatic N) is 1. The fourth-order valence-electron chi connectivity index (χ4n) is 6.04. The van der Waals surface area contributed by atoms with Crippen molar-refractivity contribution < 1.29 is 33.0 Å². The average molecular weight is 717 g/mol. The molecule has 1 aromatic heterocycles. The molecule has 0 unspecified atom stereocenters. The molecule has 2 fully saturated rings. The number of imidazole rings is 1. The summed E-state index contributed by atoms with van der Waals surface area (Å²) in [5.74, 6) is 8.29. The Morgan fingerprint density at radius 3 is 1.98 bits per heavy atom. The first-order chi connectivity index (χ1) is 24.4. The maximum absolute atomic E-state index is 13.3. The van der Waals surface area contributed by atoms with E-state index in [9.17, 15) is 33.0 Å². The number of hydrogen-bond acceptors (Lipinski definition) is 5. The monoisotopic (exact) mass is 716 g/mol. The molecule has 2 saturated carbocycles. The van der Waals surface area contributed by atoms with Crippen molar-refractivity contribution in [1.82, 2.24) is 20.6 Å². The standard InChI is InChI=1S/C21H18ClF2NO2.C18H18FN3O2/c22-16-4-1-3-14(11-16)8-10-21(27)9-2-5-17(13-21)25-20(26)15-6-7-18(23)19(24)12-15;19-14-4-1-3-13(9-14)6-8-18(24)7-2-5-15(10-18)22-17(23)16-11-20-12-21-16/h1,3-4,6-7,11-12,17,27H,2,5,9,13H2,(H,25,26);1,3-4,9,11-12,15,24H,2,5,7,10H2,(H,20,21)(H,22,23)/t17-,21+;15-,18+/m01/s1. The minimum Gasteiger partial charge on any atom is -0.378 e. The number of halogens is 4. The number of H-pyrrole nitrogens is 1. The summed E-state index contributed by atoms with van der Waals surface area (Å²) >= 11 is 5.93. The molecule has 264 valence electrons.